The van der Waals surface area contributed by atoms with E-state index in [0.717, 1.165) is 6.92 Å². The molecule has 0 bridgehead atoms. The Balaban J connectivity index is 3.63. The number of aromatic hydroxyl groups is 1. The predicted octanol–water partition coefficient (Wildman–Crippen LogP) is 2.52. The van der Waals surface area contributed by atoms with Crippen molar-refractivity contribution in [2.45, 2.75) is 13.1 Å². The zero-order chi connectivity index (χ0) is 13.4. The fourth-order valence-electron chi connectivity index (χ4n) is 1.28. The number of nitro groups is 1. The molecule has 0 spiro atoms. The van der Waals surface area contributed by atoms with E-state index in [1.165, 1.54) is 0 Å². The molecule has 0 radical (unpaired) electrons. The van der Waals surface area contributed by atoms with Gasteiger partial charge in [0.1, 0.15) is 5.56 Å². The first-order valence-corrected chi connectivity index (χ1v) is 4.24. The van der Waals surface area contributed by atoms with Crippen molar-refractivity contribution in [2.24, 2.45) is 0 Å². The molecule has 0 fully saturated rings. The fraction of sp³-hybridized carbons (Fsp3) is 0.222. The van der Waals surface area contributed by atoms with Crippen LogP contribution in [-0.2, 0) is 6.18 Å². The van der Waals surface area contributed by atoms with Crippen molar-refractivity contribution in [1.82, 2.24) is 0 Å². The molecule has 92 valence electrons. The number of carbonyl (C=O) groups is 1. The molecular weight excluding hydrogens is 243 g/mol. The van der Waals surface area contributed by atoms with Gasteiger partial charge in [-0.1, -0.05) is 0 Å². The molecule has 0 aliphatic carbocycles. The first kappa shape index (κ1) is 12.9. The number of ketones is 1. The molecule has 17 heavy (non-hydrogen) atoms. The van der Waals surface area contributed by atoms with E-state index in [4.69, 9.17) is 0 Å². The van der Waals surface area contributed by atoms with Gasteiger partial charge >= 0.3 is 11.9 Å². The van der Waals surface area contributed by atoms with Crippen molar-refractivity contribution in [3.05, 3.63) is 33.4 Å². The first-order chi connectivity index (χ1) is 7.66. The van der Waals surface area contributed by atoms with Crippen molar-refractivity contribution < 1.29 is 28.0 Å². The number of alkyl halides is 3. The molecule has 0 saturated carbocycles. The molecule has 0 aliphatic rings. The molecule has 1 N–H and O–H groups in total. The Kier molecular flexibility index (Phi) is 3.08. The summed E-state index contributed by atoms with van der Waals surface area (Å²) in [4.78, 5) is 20.1. The highest BCUT2D eigenvalue weighted by Crippen LogP contribution is 2.42. The first-order valence-electron chi connectivity index (χ1n) is 4.24. The fourth-order valence-corrected chi connectivity index (χ4v) is 1.28. The minimum Gasteiger partial charge on any atom is -0.502 e. The Morgan fingerprint density at radius 2 is 1.94 bits per heavy atom. The minimum absolute atomic E-state index is 0.397. The third kappa shape index (κ3) is 2.35. The number of Topliss-reactive ketones (excluding diaryl/α,β-unsaturated/α-hetero) is 1. The van der Waals surface area contributed by atoms with E-state index in [1.54, 1.807) is 0 Å². The van der Waals surface area contributed by atoms with Crippen LogP contribution in [0.4, 0.5) is 18.9 Å². The summed E-state index contributed by atoms with van der Waals surface area (Å²) in [6.45, 7) is 0.978. The number of phenols is 1. The van der Waals surface area contributed by atoms with Crippen LogP contribution in [-0.4, -0.2) is 15.8 Å². The van der Waals surface area contributed by atoms with E-state index in [9.17, 15) is 33.2 Å². The average molecular weight is 249 g/mol. The number of carbonyl (C=O) groups excluding carboxylic acids is 1. The standard InChI is InChI=1S/C9H6F3NO4/c1-4(14)5-2-3-6(9(10,11)12)7(8(5)15)13(16)17/h2-3,15H,1H3. The molecule has 8 heteroatoms. The topological polar surface area (TPSA) is 80.4 Å². The van der Waals surface area contributed by atoms with E-state index in [2.05, 4.69) is 0 Å². The minimum atomic E-state index is -4.98. The Labute approximate surface area is 92.6 Å². The number of nitrogens with zero attached hydrogens (tertiary/aromatic N) is 1. The molecule has 0 aromatic heterocycles. The molecule has 1 rings (SSSR count). The molecule has 5 nitrogen and oxygen atoms in total. The van der Waals surface area contributed by atoms with E-state index < -0.39 is 39.4 Å². The quantitative estimate of drug-likeness (QED) is 0.496. The predicted molar refractivity (Wildman–Crippen MR) is 49.8 cm³/mol. The van der Waals surface area contributed by atoms with Crippen LogP contribution in [0, 0.1) is 10.1 Å². The third-order valence-corrected chi connectivity index (χ3v) is 2.02. The largest absolute Gasteiger partial charge is 0.502 e. The highest BCUT2D eigenvalue weighted by atomic mass is 19.4. The lowest BCUT2D eigenvalue weighted by molar-refractivity contribution is -0.389. The summed E-state index contributed by atoms with van der Waals surface area (Å²) in [5, 5.41) is 19.8. The summed E-state index contributed by atoms with van der Waals surface area (Å²) >= 11 is 0. The second-order valence-corrected chi connectivity index (χ2v) is 3.17. The van der Waals surface area contributed by atoms with Crippen LogP contribution in [0.5, 0.6) is 5.75 Å². The Hall–Kier alpha value is -2.12. The lowest BCUT2D eigenvalue weighted by Crippen LogP contribution is -2.10. The molecule has 0 unspecified atom stereocenters. The van der Waals surface area contributed by atoms with Crippen molar-refractivity contribution >= 4 is 11.5 Å². The number of hydrogen-bond acceptors (Lipinski definition) is 4. The smallest absolute Gasteiger partial charge is 0.423 e. The SMILES string of the molecule is CC(=O)c1ccc(C(F)(F)F)c([N+](=O)[O-])c1O. The van der Waals surface area contributed by atoms with Gasteiger partial charge in [-0.25, -0.2) is 0 Å². The van der Waals surface area contributed by atoms with Crippen LogP contribution in [0.2, 0.25) is 0 Å². The molecule has 0 amide bonds. The van der Waals surface area contributed by atoms with Gasteiger partial charge in [0.05, 0.1) is 10.5 Å². The number of nitro benzene ring substituents is 1. The maximum absolute atomic E-state index is 12.4. The summed E-state index contributed by atoms with van der Waals surface area (Å²) in [7, 11) is 0. The molecule has 0 aliphatic heterocycles. The van der Waals surface area contributed by atoms with Gasteiger partial charge in [-0.2, -0.15) is 13.2 Å². The Morgan fingerprint density at radius 1 is 1.41 bits per heavy atom. The summed E-state index contributed by atoms with van der Waals surface area (Å²) in [5.41, 5.74) is -3.63. The van der Waals surface area contributed by atoms with E-state index >= 15 is 0 Å². The Bertz CT molecular complexity index is 496. The second kappa shape index (κ2) is 4.04. The molecule has 0 atom stereocenters. The lowest BCUT2D eigenvalue weighted by Gasteiger charge is -2.09. The molecule has 0 saturated heterocycles. The van der Waals surface area contributed by atoms with Crippen LogP contribution in [0.15, 0.2) is 12.1 Å². The summed E-state index contributed by atoms with van der Waals surface area (Å²) in [6, 6.07) is 1.10. The van der Waals surface area contributed by atoms with E-state index in [0.29, 0.717) is 12.1 Å². The van der Waals surface area contributed by atoms with Gasteiger partial charge in [0.15, 0.2) is 5.78 Å². The van der Waals surface area contributed by atoms with E-state index in [-0.39, 0.29) is 0 Å². The molecular formula is C9H6F3NO4. The van der Waals surface area contributed by atoms with Gasteiger partial charge in [0.2, 0.25) is 5.75 Å². The zero-order valence-electron chi connectivity index (χ0n) is 8.41. The number of benzene rings is 1. The average Bonchev–Trinajstić information content (AvgIpc) is 2.14. The zero-order valence-corrected chi connectivity index (χ0v) is 8.41. The number of hydrogen-bond donors (Lipinski definition) is 1. The van der Waals surface area contributed by atoms with Crippen LogP contribution >= 0.6 is 0 Å². The molecule has 1 aromatic rings. The third-order valence-electron chi connectivity index (χ3n) is 2.02. The van der Waals surface area contributed by atoms with Crippen LogP contribution < -0.4 is 0 Å². The van der Waals surface area contributed by atoms with Crippen LogP contribution in [0.25, 0.3) is 0 Å². The highest BCUT2D eigenvalue weighted by molar-refractivity contribution is 5.98. The maximum atomic E-state index is 12.4. The van der Waals surface area contributed by atoms with Crippen molar-refractivity contribution in [1.29, 1.82) is 0 Å². The second-order valence-electron chi connectivity index (χ2n) is 3.17. The van der Waals surface area contributed by atoms with Crippen LogP contribution in [0.3, 0.4) is 0 Å². The van der Waals surface area contributed by atoms with Gasteiger partial charge in [-0.05, 0) is 19.1 Å². The van der Waals surface area contributed by atoms with Gasteiger partial charge < -0.3 is 5.11 Å². The van der Waals surface area contributed by atoms with Crippen molar-refractivity contribution in [3.63, 3.8) is 0 Å². The molecule has 0 heterocycles. The van der Waals surface area contributed by atoms with Gasteiger partial charge in [0, 0.05) is 0 Å². The van der Waals surface area contributed by atoms with Crippen LogP contribution in [0.1, 0.15) is 22.8 Å². The summed E-state index contributed by atoms with van der Waals surface area (Å²) in [5.74, 6) is -2.03. The molecule has 1 aromatic carbocycles. The lowest BCUT2D eigenvalue weighted by atomic mass is 10.0. The number of rotatable bonds is 2. The number of phenolic OH excluding ortho intramolecular Hbond substituents is 1. The van der Waals surface area contributed by atoms with E-state index in [1.807, 2.05) is 0 Å². The summed E-state index contributed by atoms with van der Waals surface area (Å²) in [6.07, 6.45) is -4.98. The Morgan fingerprint density at radius 3 is 2.29 bits per heavy atom. The van der Waals surface area contributed by atoms with Gasteiger partial charge in [0.25, 0.3) is 0 Å². The van der Waals surface area contributed by atoms with Crippen molar-refractivity contribution in [2.75, 3.05) is 0 Å². The van der Waals surface area contributed by atoms with Gasteiger partial charge in [-0.3, -0.25) is 14.9 Å². The normalized spacial score (nSPS) is 11.3. The highest BCUT2D eigenvalue weighted by Gasteiger charge is 2.41. The van der Waals surface area contributed by atoms with Gasteiger partial charge in [-0.15, -0.1) is 0 Å². The monoisotopic (exact) mass is 249 g/mol. The maximum Gasteiger partial charge on any atom is 0.423 e. The summed E-state index contributed by atoms with van der Waals surface area (Å²) < 4.78 is 37.3. The number of halogens is 3. The van der Waals surface area contributed by atoms with Crippen molar-refractivity contribution in [3.8, 4) is 5.75 Å².